The first-order chi connectivity index (χ1) is 7.18. The average Bonchev–Trinajstić information content (AvgIpc) is 2.40. The first kappa shape index (κ1) is 9.89. The third kappa shape index (κ3) is 1.91. The van der Waals surface area contributed by atoms with Gasteiger partial charge in [0, 0.05) is 0 Å². The maximum atomic E-state index is 10.8. The van der Waals surface area contributed by atoms with Crippen molar-refractivity contribution in [1.29, 1.82) is 0 Å². The van der Waals surface area contributed by atoms with Gasteiger partial charge in [0.15, 0.2) is 11.5 Å². The Labute approximate surface area is 87.4 Å². The lowest BCUT2D eigenvalue weighted by Gasteiger charge is -2.06. The van der Waals surface area contributed by atoms with Crippen LogP contribution in [-0.2, 0) is 12.8 Å². The highest BCUT2D eigenvalue weighted by Crippen LogP contribution is 2.19. The number of anilines is 1. The number of carboxylic acids is 1. The molecule has 1 aromatic heterocycles. The minimum atomic E-state index is -1.10. The topological polar surface area (TPSA) is 89.1 Å². The Morgan fingerprint density at radius 3 is 2.33 bits per heavy atom. The van der Waals surface area contributed by atoms with E-state index < -0.39 is 5.97 Å². The number of fused-ring (bicyclic) bond motifs is 1. The summed E-state index contributed by atoms with van der Waals surface area (Å²) in [7, 11) is 0. The van der Waals surface area contributed by atoms with E-state index in [1.807, 2.05) is 0 Å². The molecule has 0 atom stereocenters. The maximum absolute atomic E-state index is 10.8. The van der Waals surface area contributed by atoms with Gasteiger partial charge in [-0.25, -0.2) is 14.8 Å². The summed E-state index contributed by atoms with van der Waals surface area (Å²) >= 11 is 0. The molecular weight excluding hydrogens is 194 g/mol. The number of hydrogen-bond donors (Lipinski definition) is 2. The van der Waals surface area contributed by atoms with Crippen LogP contribution in [0, 0.1) is 0 Å². The fraction of sp³-hybridized carbons (Fsp3) is 0.500. The largest absolute Gasteiger partial charge is 0.476 e. The van der Waals surface area contributed by atoms with E-state index in [1.165, 1.54) is 0 Å². The van der Waals surface area contributed by atoms with Crippen LogP contribution >= 0.6 is 0 Å². The SMILES string of the molecule is Nc1nc2c(nc1C(=O)O)CCCCC2. The van der Waals surface area contributed by atoms with Gasteiger partial charge in [-0.2, -0.15) is 0 Å². The summed E-state index contributed by atoms with van der Waals surface area (Å²) in [6.07, 6.45) is 4.92. The molecule has 1 aliphatic carbocycles. The van der Waals surface area contributed by atoms with Crippen molar-refractivity contribution < 1.29 is 9.90 Å². The van der Waals surface area contributed by atoms with Crippen molar-refractivity contribution in [2.75, 3.05) is 5.73 Å². The van der Waals surface area contributed by atoms with Crippen LogP contribution in [0.25, 0.3) is 0 Å². The number of carbonyl (C=O) groups is 1. The van der Waals surface area contributed by atoms with Gasteiger partial charge >= 0.3 is 5.97 Å². The van der Waals surface area contributed by atoms with Crippen molar-refractivity contribution in [2.24, 2.45) is 0 Å². The average molecular weight is 207 g/mol. The lowest BCUT2D eigenvalue weighted by atomic mass is 10.2. The maximum Gasteiger partial charge on any atom is 0.358 e. The number of aryl methyl sites for hydroxylation is 2. The van der Waals surface area contributed by atoms with Gasteiger partial charge in [-0.15, -0.1) is 0 Å². The number of rotatable bonds is 1. The van der Waals surface area contributed by atoms with Gasteiger partial charge in [-0.3, -0.25) is 0 Å². The van der Waals surface area contributed by atoms with Crippen molar-refractivity contribution in [3.63, 3.8) is 0 Å². The standard InChI is InChI=1S/C10H13N3O2/c11-9-8(10(14)15)12-6-4-2-1-3-5-7(6)13-9/h1-5H2,(H2,11,13)(H,14,15). The number of nitrogen functional groups attached to an aromatic ring is 1. The molecule has 0 aromatic carbocycles. The van der Waals surface area contributed by atoms with Crippen LogP contribution in [0.3, 0.4) is 0 Å². The summed E-state index contributed by atoms with van der Waals surface area (Å²) in [6.45, 7) is 0. The predicted octanol–water partition coefficient (Wildman–Crippen LogP) is 1.03. The van der Waals surface area contributed by atoms with Crippen LogP contribution < -0.4 is 5.73 Å². The molecule has 80 valence electrons. The number of carboxylic acid groups (broad SMARTS) is 1. The zero-order chi connectivity index (χ0) is 10.8. The monoisotopic (exact) mass is 207 g/mol. The van der Waals surface area contributed by atoms with E-state index in [0.717, 1.165) is 43.5 Å². The molecule has 3 N–H and O–H groups in total. The van der Waals surface area contributed by atoms with Gasteiger partial charge < -0.3 is 10.8 Å². The molecule has 5 heteroatoms. The first-order valence-corrected chi connectivity index (χ1v) is 5.07. The van der Waals surface area contributed by atoms with Gasteiger partial charge in [0.05, 0.1) is 11.4 Å². The van der Waals surface area contributed by atoms with E-state index >= 15 is 0 Å². The Morgan fingerprint density at radius 2 is 1.73 bits per heavy atom. The number of hydrogen-bond acceptors (Lipinski definition) is 4. The smallest absolute Gasteiger partial charge is 0.358 e. The molecule has 0 saturated carbocycles. The minimum Gasteiger partial charge on any atom is -0.476 e. The van der Waals surface area contributed by atoms with Gasteiger partial charge in [0.1, 0.15) is 0 Å². The molecule has 0 bridgehead atoms. The summed E-state index contributed by atoms with van der Waals surface area (Å²) in [5.74, 6) is -1.07. The third-order valence-electron chi connectivity index (χ3n) is 2.61. The second-order valence-corrected chi connectivity index (χ2v) is 3.72. The number of nitrogens with two attached hydrogens (primary N) is 1. The van der Waals surface area contributed by atoms with Crippen LogP contribution in [0.1, 0.15) is 41.1 Å². The van der Waals surface area contributed by atoms with Crippen molar-refractivity contribution in [1.82, 2.24) is 9.97 Å². The molecule has 0 unspecified atom stereocenters. The fourth-order valence-electron chi connectivity index (χ4n) is 1.84. The van der Waals surface area contributed by atoms with Crippen molar-refractivity contribution in [3.05, 3.63) is 17.1 Å². The van der Waals surface area contributed by atoms with Gasteiger partial charge in [-0.1, -0.05) is 6.42 Å². The van der Waals surface area contributed by atoms with E-state index in [1.54, 1.807) is 0 Å². The second kappa shape index (κ2) is 3.84. The van der Waals surface area contributed by atoms with E-state index in [-0.39, 0.29) is 11.5 Å². The molecule has 2 rings (SSSR count). The molecule has 0 aliphatic heterocycles. The van der Waals surface area contributed by atoms with Crippen molar-refractivity contribution in [3.8, 4) is 0 Å². The van der Waals surface area contributed by atoms with Gasteiger partial charge in [-0.05, 0) is 25.7 Å². The molecule has 0 saturated heterocycles. The van der Waals surface area contributed by atoms with Crippen LogP contribution in [0.4, 0.5) is 5.82 Å². The van der Waals surface area contributed by atoms with Gasteiger partial charge in [0.2, 0.25) is 0 Å². The molecule has 1 heterocycles. The normalized spacial score (nSPS) is 15.5. The summed E-state index contributed by atoms with van der Waals surface area (Å²) < 4.78 is 0. The molecule has 0 fully saturated rings. The Balaban J connectivity index is 2.47. The summed E-state index contributed by atoms with van der Waals surface area (Å²) in [5, 5.41) is 8.86. The van der Waals surface area contributed by atoms with Crippen LogP contribution in [0.5, 0.6) is 0 Å². The van der Waals surface area contributed by atoms with Crippen LogP contribution in [0.15, 0.2) is 0 Å². The minimum absolute atomic E-state index is 0.0307. The lowest BCUT2D eigenvalue weighted by molar-refractivity contribution is 0.0691. The highest BCUT2D eigenvalue weighted by atomic mass is 16.4. The molecule has 0 spiro atoms. The van der Waals surface area contributed by atoms with Crippen LogP contribution in [0.2, 0.25) is 0 Å². The number of nitrogens with zero attached hydrogens (tertiary/aromatic N) is 2. The summed E-state index contributed by atoms with van der Waals surface area (Å²) in [6, 6.07) is 0. The third-order valence-corrected chi connectivity index (χ3v) is 2.61. The van der Waals surface area contributed by atoms with Crippen molar-refractivity contribution >= 4 is 11.8 Å². The van der Waals surface area contributed by atoms with E-state index in [2.05, 4.69) is 9.97 Å². The zero-order valence-corrected chi connectivity index (χ0v) is 8.36. The molecule has 1 aromatic rings. The Bertz CT molecular complexity index is 404. The van der Waals surface area contributed by atoms with E-state index in [4.69, 9.17) is 10.8 Å². The molecule has 0 radical (unpaired) electrons. The molecule has 1 aliphatic rings. The highest BCUT2D eigenvalue weighted by molar-refractivity contribution is 5.90. The highest BCUT2D eigenvalue weighted by Gasteiger charge is 2.17. The lowest BCUT2D eigenvalue weighted by Crippen LogP contribution is -2.12. The fourth-order valence-corrected chi connectivity index (χ4v) is 1.84. The van der Waals surface area contributed by atoms with Crippen molar-refractivity contribution in [2.45, 2.75) is 32.1 Å². The van der Waals surface area contributed by atoms with Crippen LogP contribution in [-0.4, -0.2) is 21.0 Å². The Kier molecular flexibility index (Phi) is 2.53. The Hall–Kier alpha value is -1.65. The zero-order valence-electron chi connectivity index (χ0n) is 8.36. The molecular formula is C10H13N3O2. The van der Waals surface area contributed by atoms with Gasteiger partial charge in [0.25, 0.3) is 0 Å². The summed E-state index contributed by atoms with van der Waals surface area (Å²) in [4.78, 5) is 19.0. The van der Waals surface area contributed by atoms with E-state index in [0.29, 0.717) is 0 Å². The number of aromatic carboxylic acids is 1. The Morgan fingerprint density at radius 1 is 1.13 bits per heavy atom. The molecule has 5 nitrogen and oxygen atoms in total. The summed E-state index contributed by atoms with van der Waals surface area (Å²) in [5.41, 5.74) is 7.10. The van der Waals surface area contributed by atoms with E-state index in [9.17, 15) is 4.79 Å². The second-order valence-electron chi connectivity index (χ2n) is 3.72. The first-order valence-electron chi connectivity index (χ1n) is 5.07. The number of aromatic nitrogens is 2. The molecule has 0 amide bonds. The molecule has 15 heavy (non-hydrogen) atoms. The quantitative estimate of drug-likeness (QED) is 0.671. The predicted molar refractivity (Wildman–Crippen MR) is 54.7 cm³/mol.